The molecule has 3 atom stereocenters. The van der Waals surface area contributed by atoms with Crippen molar-refractivity contribution in [1.29, 1.82) is 0 Å². The molecule has 0 saturated heterocycles. The summed E-state index contributed by atoms with van der Waals surface area (Å²) in [5.41, 5.74) is 5.71. The molecule has 0 aliphatic heterocycles. The second-order valence-corrected chi connectivity index (χ2v) is 7.70. The van der Waals surface area contributed by atoms with Crippen LogP contribution in [0.1, 0.15) is 20.3 Å². The van der Waals surface area contributed by atoms with E-state index in [2.05, 4.69) is 4.36 Å². The molecule has 0 radical (unpaired) electrons. The van der Waals surface area contributed by atoms with Crippen LogP contribution in [-0.2, 0) is 14.7 Å². The van der Waals surface area contributed by atoms with Gasteiger partial charge in [0.25, 0.3) is 5.91 Å². The molecule has 1 aromatic rings. The SMILES string of the molecule is CC[C@H](C)[C@H](N)C(=O)N=S(N)(=O)c1ccc(Cl)s1. The van der Waals surface area contributed by atoms with Crippen molar-refractivity contribution in [3.8, 4) is 0 Å². The van der Waals surface area contributed by atoms with Crippen molar-refractivity contribution in [2.45, 2.75) is 30.5 Å². The highest BCUT2D eigenvalue weighted by atomic mass is 35.5. The van der Waals surface area contributed by atoms with Gasteiger partial charge in [-0.2, -0.15) is 0 Å². The number of carbonyl (C=O) groups is 1. The van der Waals surface area contributed by atoms with E-state index in [0.717, 1.165) is 17.8 Å². The highest BCUT2D eigenvalue weighted by Gasteiger charge is 2.21. The Morgan fingerprint density at radius 3 is 2.67 bits per heavy atom. The zero-order valence-electron chi connectivity index (χ0n) is 10.1. The summed E-state index contributed by atoms with van der Waals surface area (Å²) < 4.78 is 16.4. The Labute approximate surface area is 116 Å². The first kappa shape index (κ1) is 15.6. The molecule has 1 heterocycles. The van der Waals surface area contributed by atoms with E-state index in [0.29, 0.717) is 4.34 Å². The van der Waals surface area contributed by atoms with Crippen LogP contribution >= 0.6 is 22.9 Å². The molecule has 1 amide bonds. The van der Waals surface area contributed by atoms with Crippen LogP contribution < -0.4 is 10.9 Å². The molecule has 0 aromatic carbocycles. The van der Waals surface area contributed by atoms with Crippen LogP contribution in [0.15, 0.2) is 20.7 Å². The van der Waals surface area contributed by atoms with Crippen LogP contribution in [-0.4, -0.2) is 16.2 Å². The van der Waals surface area contributed by atoms with Crippen LogP contribution in [0.5, 0.6) is 0 Å². The van der Waals surface area contributed by atoms with Gasteiger partial charge in [-0.05, 0) is 18.1 Å². The molecule has 4 N–H and O–H groups in total. The summed E-state index contributed by atoms with van der Waals surface area (Å²) in [4.78, 5) is 11.8. The van der Waals surface area contributed by atoms with E-state index in [4.69, 9.17) is 22.5 Å². The minimum atomic E-state index is -3.25. The van der Waals surface area contributed by atoms with Gasteiger partial charge in [-0.1, -0.05) is 31.9 Å². The standard InChI is InChI=1S/C10H16ClN3O2S2/c1-3-6(2)9(12)10(15)14-18(13,16)8-5-4-7(11)17-8/h4-6,9H,3,12H2,1-2H3,(H2,13,14,15,16)/t6-,9-,18?/m0/s1. The number of halogens is 1. The van der Waals surface area contributed by atoms with Crippen molar-refractivity contribution in [2.75, 3.05) is 0 Å². The summed E-state index contributed by atoms with van der Waals surface area (Å²) in [5, 5.41) is 5.57. The van der Waals surface area contributed by atoms with E-state index >= 15 is 0 Å². The van der Waals surface area contributed by atoms with Crippen LogP contribution in [0.25, 0.3) is 0 Å². The topological polar surface area (TPSA) is 98.5 Å². The Balaban J connectivity index is 3.02. The summed E-state index contributed by atoms with van der Waals surface area (Å²) in [6.07, 6.45) is 0.735. The predicted molar refractivity (Wildman–Crippen MR) is 74.8 cm³/mol. The fourth-order valence-electron chi connectivity index (χ4n) is 1.19. The maximum atomic E-state index is 12.1. The van der Waals surface area contributed by atoms with Gasteiger partial charge in [0.1, 0.15) is 4.21 Å². The molecule has 0 aliphatic carbocycles. The molecule has 102 valence electrons. The molecular weight excluding hydrogens is 294 g/mol. The summed E-state index contributed by atoms with van der Waals surface area (Å²) in [6, 6.07) is 2.28. The molecule has 0 saturated carbocycles. The first-order valence-corrected chi connectivity index (χ1v) is 8.15. The molecular formula is C10H16ClN3O2S2. The van der Waals surface area contributed by atoms with Gasteiger partial charge in [-0.3, -0.25) is 4.79 Å². The minimum Gasteiger partial charge on any atom is -0.320 e. The zero-order chi connectivity index (χ0) is 13.9. The fourth-order valence-corrected chi connectivity index (χ4v) is 3.71. The third-order valence-corrected chi connectivity index (χ3v) is 5.76. The monoisotopic (exact) mass is 309 g/mol. The van der Waals surface area contributed by atoms with E-state index < -0.39 is 21.9 Å². The van der Waals surface area contributed by atoms with Crippen molar-refractivity contribution in [2.24, 2.45) is 21.2 Å². The Hall–Kier alpha value is -0.470. The highest BCUT2D eigenvalue weighted by molar-refractivity contribution is 7.93. The average molecular weight is 310 g/mol. The summed E-state index contributed by atoms with van der Waals surface area (Å²) in [6.45, 7) is 3.75. The second kappa shape index (κ2) is 6.12. The quantitative estimate of drug-likeness (QED) is 0.889. The molecule has 0 fully saturated rings. The number of nitrogens with zero attached hydrogens (tertiary/aromatic N) is 1. The Morgan fingerprint density at radius 2 is 2.22 bits per heavy atom. The molecule has 0 spiro atoms. The first-order valence-electron chi connectivity index (χ1n) is 5.37. The molecule has 1 aromatic heterocycles. The largest absolute Gasteiger partial charge is 0.320 e. The van der Waals surface area contributed by atoms with Crippen molar-refractivity contribution >= 4 is 38.8 Å². The number of carbonyl (C=O) groups excluding carboxylic acids is 1. The van der Waals surface area contributed by atoms with Gasteiger partial charge in [0.15, 0.2) is 9.92 Å². The zero-order valence-corrected chi connectivity index (χ0v) is 12.5. The normalized spacial score (nSPS) is 17.8. The van der Waals surface area contributed by atoms with E-state index in [9.17, 15) is 9.00 Å². The number of amides is 1. The number of hydrogen-bond acceptors (Lipinski definition) is 4. The van der Waals surface area contributed by atoms with Gasteiger partial charge in [0.2, 0.25) is 0 Å². The lowest BCUT2D eigenvalue weighted by Gasteiger charge is -2.14. The lowest BCUT2D eigenvalue weighted by molar-refractivity contribution is -0.119. The van der Waals surface area contributed by atoms with Crippen molar-refractivity contribution in [1.82, 2.24) is 0 Å². The van der Waals surface area contributed by atoms with E-state index in [1.54, 1.807) is 6.07 Å². The van der Waals surface area contributed by atoms with Crippen molar-refractivity contribution < 1.29 is 9.00 Å². The van der Waals surface area contributed by atoms with Crippen molar-refractivity contribution in [3.63, 3.8) is 0 Å². The van der Waals surface area contributed by atoms with Crippen molar-refractivity contribution in [3.05, 3.63) is 16.5 Å². The third-order valence-electron chi connectivity index (χ3n) is 2.60. The highest BCUT2D eigenvalue weighted by Crippen LogP contribution is 2.25. The van der Waals surface area contributed by atoms with Gasteiger partial charge >= 0.3 is 0 Å². The predicted octanol–water partition coefficient (Wildman–Crippen LogP) is 2.00. The molecule has 8 heteroatoms. The molecule has 0 bridgehead atoms. The molecule has 1 unspecified atom stereocenters. The first-order chi connectivity index (χ1) is 8.27. The lowest BCUT2D eigenvalue weighted by atomic mass is 10.00. The van der Waals surface area contributed by atoms with E-state index in [1.165, 1.54) is 6.07 Å². The van der Waals surface area contributed by atoms with Gasteiger partial charge < -0.3 is 5.73 Å². The van der Waals surface area contributed by atoms with Gasteiger partial charge in [-0.15, -0.1) is 15.7 Å². The summed E-state index contributed by atoms with van der Waals surface area (Å²) >= 11 is 6.77. The molecule has 1 rings (SSSR count). The lowest BCUT2D eigenvalue weighted by Crippen LogP contribution is -2.36. The van der Waals surface area contributed by atoms with E-state index in [1.807, 2.05) is 13.8 Å². The maximum Gasteiger partial charge on any atom is 0.272 e. The van der Waals surface area contributed by atoms with Crippen LogP contribution in [0, 0.1) is 5.92 Å². The van der Waals surface area contributed by atoms with Crippen LogP contribution in [0.4, 0.5) is 0 Å². The number of nitrogens with two attached hydrogens (primary N) is 2. The second-order valence-electron chi connectivity index (χ2n) is 3.97. The smallest absolute Gasteiger partial charge is 0.272 e. The van der Waals surface area contributed by atoms with Gasteiger partial charge in [0.05, 0.1) is 10.4 Å². The molecule has 18 heavy (non-hydrogen) atoms. The Kier molecular flexibility index (Phi) is 5.30. The van der Waals surface area contributed by atoms with Gasteiger partial charge in [-0.25, -0.2) is 9.35 Å². The van der Waals surface area contributed by atoms with E-state index in [-0.39, 0.29) is 10.1 Å². The maximum absolute atomic E-state index is 12.1. The number of rotatable bonds is 4. The fraction of sp³-hybridized carbons (Fsp3) is 0.500. The third kappa shape index (κ3) is 3.76. The Morgan fingerprint density at radius 1 is 1.61 bits per heavy atom. The summed E-state index contributed by atoms with van der Waals surface area (Å²) in [5.74, 6) is -0.676. The molecule has 5 nitrogen and oxygen atoms in total. The summed E-state index contributed by atoms with van der Waals surface area (Å²) in [7, 11) is -3.25. The minimum absolute atomic E-state index is 0.0385. The number of hydrogen-bond donors (Lipinski definition) is 2. The van der Waals surface area contributed by atoms with Crippen LogP contribution in [0.2, 0.25) is 4.34 Å². The molecule has 0 aliphatic rings. The van der Waals surface area contributed by atoms with Gasteiger partial charge in [0, 0.05) is 0 Å². The van der Waals surface area contributed by atoms with Crippen LogP contribution in [0.3, 0.4) is 0 Å². The number of thiophene rings is 1. The average Bonchev–Trinajstić information content (AvgIpc) is 2.74. The Bertz CT molecular complexity index is 549.